The van der Waals surface area contributed by atoms with Crippen molar-refractivity contribution in [3.8, 4) is 11.5 Å². The molecule has 10 heteroatoms. The van der Waals surface area contributed by atoms with Crippen molar-refractivity contribution in [1.29, 1.82) is 0 Å². The molecule has 2 aliphatic rings. The van der Waals surface area contributed by atoms with E-state index in [4.69, 9.17) is 33.3 Å². The fourth-order valence-corrected chi connectivity index (χ4v) is 6.39. The Morgan fingerprint density at radius 3 is 2.50 bits per heavy atom. The molecule has 0 aliphatic carbocycles. The van der Waals surface area contributed by atoms with Crippen molar-refractivity contribution in [3.63, 3.8) is 0 Å². The molecule has 0 radical (unpaired) electrons. The van der Waals surface area contributed by atoms with Gasteiger partial charge in [-0.05, 0) is 54.1 Å². The fraction of sp³-hybridized carbons (Fsp3) is 0.115. The van der Waals surface area contributed by atoms with E-state index >= 15 is 0 Å². The highest BCUT2D eigenvalue weighted by Gasteiger charge is 2.36. The molecular weight excluding hydrogens is 536 g/mol. The smallest absolute Gasteiger partial charge is 0.266 e. The standard InChI is InChI=1S/C26H19ClN2O4S3/c1-32-19-9-7-15(11-20(19)33-2)12-23-25(31)28(26(34)36-23)14-24(30)29-17-5-3-4-6-21(17)35-22-10-8-16(27)13-18(22)29/h3-13H,14H2,1-2H3/b23-12-. The van der Waals surface area contributed by atoms with Crippen molar-refractivity contribution in [1.82, 2.24) is 4.90 Å². The number of rotatable bonds is 5. The molecule has 0 bridgehead atoms. The summed E-state index contributed by atoms with van der Waals surface area (Å²) >= 11 is 14.5. The Hall–Kier alpha value is -2.98. The second-order valence-corrected chi connectivity index (χ2v) is 11.0. The van der Waals surface area contributed by atoms with Gasteiger partial charge in [0, 0.05) is 14.8 Å². The molecule has 0 aromatic heterocycles. The van der Waals surface area contributed by atoms with Crippen molar-refractivity contribution in [3.05, 3.63) is 76.2 Å². The van der Waals surface area contributed by atoms with Gasteiger partial charge in [-0.3, -0.25) is 19.4 Å². The minimum Gasteiger partial charge on any atom is -0.493 e. The highest BCUT2D eigenvalue weighted by molar-refractivity contribution is 8.26. The highest BCUT2D eigenvalue weighted by Crippen LogP contribution is 2.49. The van der Waals surface area contributed by atoms with Gasteiger partial charge in [0.1, 0.15) is 10.9 Å². The first-order valence-electron chi connectivity index (χ1n) is 10.8. The van der Waals surface area contributed by atoms with Gasteiger partial charge in [-0.15, -0.1) is 0 Å². The molecule has 36 heavy (non-hydrogen) atoms. The summed E-state index contributed by atoms with van der Waals surface area (Å²) in [4.78, 5) is 32.2. The Morgan fingerprint density at radius 2 is 1.72 bits per heavy atom. The van der Waals surface area contributed by atoms with Gasteiger partial charge in [-0.25, -0.2) is 0 Å². The number of hydrogen-bond acceptors (Lipinski definition) is 7. The number of anilines is 2. The van der Waals surface area contributed by atoms with Crippen LogP contribution in [0.15, 0.2) is 75.4 Å². The molecule has 0 unspecified atom stereocenters. The summed E-state index contributed by atoms with van der Waals surface area (Å²) in [6.45, 7) is -0.196. The second-order valence-electron chi connectivity index (χ2n) is 7.79. The van der Waals surface area contributed by atoms with E-state index in [1.165, 1.54) is 4.90 Å². The maximum atomic E-state index is 13.7. The molecule has 0 spiro atoms. The number of fused-ring (bicyclic) bond motifs is 2. The van der Waals surface area contributed by atoms with Gasteiger partial charge in [0.15, 0.2) is 11.5 Å². The van der Waals surface area contributed by atoms with Gasteiger partial charge in [0.2, 0.25) is 0 Å². The number of benzene rings is 3. The minimum atomic E-state index is -0.320. The number of thiocarbonyl (C=S) groups is 1. The van der Waals surface area contributed by atoms with Gasteiger partial charge in [0.05, 0.1) is 30.5 Å². The molecule has 1 fully saturated rings. The van der Waals surface area contributed by atoms with E-state index in [0.717, 1.165) is 32.8 Å². The molecule has 6 nitrogen and oxygen atoms in total. The molecule has 0 N–H and O–H groups in total. The summed E-state index contributed by atoms with van der Waals surface area (Å²) in [5, 5.41) is 0.523. The monoisotopic (exact) mass is 554 g/mol. The third-order valence-corrected chi connectivity index (χ3v) is 8.35. The normalized spacial score (nSPS) is 15.7. The number of amides is 2. The van der Waals surface area contributed by atoms with Crippen LogP contribution in [0.3, 0.4) is 0 Å². The van der Waals surface area contributed by atoms with E-state index < -0.39 is 0 Å². The molecule has 1 saturated heterocycles. The second kappa shape index (κ2) is 10.2. The predicted molar refractivity (Wildman–Crippen MR) is 149 cm³/mol. The molecule has 2 heterocycles. The van der Waals surface area contributed by atoms with Gasteiger partial charge < -0.3 is 9.47 Å². The molecule has 3 aromatic rings. The Balaban J connectivity index is 1.42. The van der Waals surface area contributed by atoms with Crippen LogP contribution >= 0.6 is 47.3 Å². The van der Waals surface area contributed by atoms with E-state index in [2.05, 4.69) is 0 Å². The van der Waals surface area contributed by atoms with Gasteiger partial charge in [0.25, 0.3) is 11.8 Å². The molecule has 0 saturated carbocycles. The summed E-state index contributed by atoms with van der Waals surface area (Å²) in [5.41, 5.74) is 2.18. The summed E-state index contributed by atoms with van der Waals surface area (Å²) in [6.07, 6.45) is 1.73. The number of halogens is 1. The van der Waals surface area contributed by atoms with Crippen LogP contribution < -0.4 is 14.4 Å². The van der Waals surface area contributed by atoms with Crippen LogP contribution in [0.1, 0.15) is 5.56 Å². The van der Waals surface area contributed by atoms with Crippen LogP contribution in [0.25, 0.3) is 6.08 Å². The van der Waals surface area contributed by atoms with Crippen molar-refractivity contribution >= 4 is 80.9 Å². The quantitative estimate of drug-likeness (QED) is 0.267. The Morgan fingerprint density at radius 1 is 0.972 bits per heavy atom. The van der Waals surface area contributed by atoms with E-state index in [9.17, 15) is 9.59 Å². The van der Waals surface area contributed by atoms with Gasteiger partial charge >= 0.3 is 0 Å². The van der Waals surface area contributed by atoms with E-state index in [1.54, 1.807) is 61.2 Å². The molecule has 2 aliphatic heterocycles. The van der Waals surface area contributed by atoms with E-state index in [0.29, 0.717) is 31.4 Å². The number of ether oxygens (including phenoxy) is 2. The summed E-state index contributed by atoms with van der Waals surface area (Å²) < 4.78 is 11.0. The SMILES string of the molecule is COc1ccc(/C=C2\SC(=S)N(CC(=O)N3c4ccccc4Sc4ccc(Cl)cc43)C2=O)cc1OC. The molecule has 3 aromatic carbocycles. The molecule has 182 valence electrons. The number of nitrogens with zero attached hydrogens (tertiary/aromatic N) is 2. The van der Waals surface area contributed by atoms with Crippen LogP contribution in [0.5, 0.6) is 11.5 Å². The maximum absolute atomic E-state index is 13.7. The van der Waals surface area contributed by atoms with Crippen LogP contribution in [0, 0.1) is 0 Å². The molecule has 2 amide bonds. The third-order valence-electron chi connectivity index (χ3n) is 5.61. The first-order valence-corrected chi connectivity index (χ1v) is 13.2. The lowest BCUT2D eigenvalue weighted by Crippen LogP contribution is -2.41. The lowest BCUT2D eigenvalue weighted by molar-refractivity contribution is -0.127. The molecular formula is C26H19ClN2O4S3. The summed E-state index contributed by atoms with van der Waals surface area (Å²) in [7, 11) is 3.11. The average molecular weight is 555 g/mol. The van der Waals surface area contributed by atoms with Crippen LogP contribution in [0.4, 0.5) is 11.4 Å². The van der Waals surface area contributed by atoms with Crippen LogP contribution in [-0.2, 0) is 9.59 Å². The largest absolute Gasteiger partial charge is 0.493 e. The number of para-hydroxylation sites is 1. The predicted octanol–water partition coefficient (Wildman–Crippen LogP) is 6.39. The summed E-state index contributed by atoms with van der Waals surface area (Å²) in [6, 6.07) is 18.5. The zero-order chi connectivity index (χ0) is 25.4. The number of thioether (sulfide) groups is 1. The average Bonchev–Trinajstić information content (AvgIpc) is 3.14. The zero-order valence-electron chi connectivity index (χ0n) is 19.2. The number of methoxy groups -OCH3 is 2. The molecule has 5 rings (SSSR count). The Labute approximate surface area is 227 Å². The van der Waals surface area contributed by atoms with Crippen molar-refractivity contribution in [2.45, 2.75) is 9.79 Å². The lowest BCUT2D eigenvalue weighted by atomic mass is 10.2. The maximum Gasteiger partial charge on any atom is 0.266 e. The zero-order valence-corrected chi connectivity index (χ0v) is 22.4. The lowest BCUT2D eigenvalue weighted by Gasteiger charge is -2.32. The number of carbonyl (C=O) groups is 2. The summed E-state index contributed by atoms with van der Waals surface area (Å²) in [5.74, 6) is 0.540. The third kappa shape index (κ3) is 4.59. The first kappa shape index (κ1) is 24.7. The minimum absolute atomic E-state index is 0.196. The van der Waals surface area contributed by atoms with E-state index in [1.807, 2.05) is 36.4 Å². The van der Waals surface area contributed by atoms with Crippen molar-refractivity contribution in [2.24, 2.45) is 0 Å². The van der Waals surface area contributed by atoms with Gasteiger partial charge in [-0.1, -0.05) is 65.5 Å². The van der Waals surface area contributed by atoms with E-state index in [-0.39, 0.29) is 18.4 Å². The Kier molecular flexibility index (Phi) is 6.98. The number of hydrogen-bond donors (Lipinski definition) is 0. The number of carbonyl (C=O) groups excluding carboxylic acids is 2. The fourth-order valence-electron chi connectivity index (χ4n) is 3.93. The van der Waals surface area contributed by atoms with Crippen LogP contribution in [-0.4, -0.2) is 41.8 Å². The molecule has 0 atom stereocenters. The van der Waals surface area contributed by atoms with Gasteiger partial charge in [-0.2, -0.15) is 0 Å². The van der Waals surface area contributed by atoms with Crippen LogP contribution in [0.2, 0.25) is 5.02 Å². The highest BCUT2D eigenvalue weighted by atomic mass is 35.5. The first-order chi connectivity index (χ1) is 17.4. The van der Waals surface area contributed by atoms with Crippen molar-refractivity contribution in [2.75, 3.05) is 25.7 Å². The Bertz CT molecular complexity index is 1440. The topological polar surface area (TPSA) is 59.1 Å². The van der Waals surface area contributed by atoms with Crippen molar-refractivity contribution < 1.29 is 19.1 Å².